The number of nitrogens with zero attached hydrogens (tertiary/aromatic N) is 3. The molecular weight excluding hydrogens is 443 g/mol. The van der Waals surface area contributed by atoms with Crippen molar-refractivity contribution in [2.45, 2.75) is 19.3 Å². The summed E-state index contributed by atoms with van der Waals surface area (Å²) in [5.41, 5.74) is 0. The first-order chi connectivity index (χ1) is 14.4. The highest BCUT2D eigenvalue weighted by Crippen LogP contribution is 2.32. The van der Waals surface area contributed by atoms with Gasteiger partial charge in [-0.25, -0.2) is 0 Å². The molecule has 0 aliphatic heterocycles. The molecule has 0 saturated carbocycles. The van der Waals surface area contributed by atoms with Crippen molar-refractivity contribution in [3.05, 3.63) is 96.8 Å². The van der Waals surface area contributed by atoms with Crippen LogP contribution in [-0.4, -0.2) is 26.0 Å². The molecule has 0 fully saturated rings. The van der Waals surface area contributed by atoms with E-state index in [4.69, 9.17) is 0 Å². The lowest BCUT2D eigenvalue weighted by atomic mass is 10.2. The second-order valence-electron chi connectivity index (χ2n) is 6.32. The van der Waals surface area contributed by atoms with E-state index in [9.17, 15) is 0 Å². The van der Waals surface area contributed by atoms with Crippen molar-refractivity contribution in [3.63, 3.8) is 0 Å². The lowest BCUT2D eigenvalue weighted by Gasteiger charge is -2.18. The molecule has 0 aliphatic carbocycles. The molecule has 0 saturated heterocycles. The van der Waals surface area contributed by atoms with Gasteiger partial charge in [-0.15, -0.1) is 10.2 Å². The highest BCUT2D eigenvalue weighted by atomic mass is 79.9. The van der Waals surface area contributed by atoms with Gasteiger partial charge >= 0.3 is 0 Å². The largest absolute Gasteiger partial charge is 0.177 e. The summed E-state index contributed by atoms with van der Waals surface area (Å²) >= 11 is 3.35. The van der Waals surface area contributed by atoms with Gasteiger partial charge in [-0.2, -0.15) is 5.21 Å². The van der Waals surface area contributed by atoms with Crippen molar-refractivity contribution in [3.8, 4) is 0 Å². The summed E-state index contributed by atoms with van der Waals surface area (Å²) < 4.78 is 0. The van der Waals surface area contributed by atoms with Crippen LogP contribution in [0.3, 0.4) is 0 Å². The Labute approximate surface area is 181 Å². The Bertz CT molecular complexity index is 825. The Hall–Kier alpha value is -2.36. The number of aromatic nitrogens is 4. The minimum Gasteiger partial charge on any atom is -0.177 e. The molecule has 0 bridgehead atoms. The van der Waals surface area contributed by atoms with Gasteiger partial charge < -0.3 is 0 Å². The molecule has 0 atom stereocenters. The first-order valence-electron chi connectivity index (χ1n) is 9.62. The van der Waals surface area contributed by atoms with E-state index in [-0.39, 0.29) is 0 Å². The molecular formula is C23H24BrN4P. The Morgan fingerprint density at radius 3 is 1.55 bits per heavy atom. The third kappa shape index (κ3) is 6.88. The Kier molecular flexibility index (Phi) is 9.02. The van der Waals surface area contributed by atoms with Crippen LogP contribution >= 0.6 is 23.9 Å². The third-order valence-corrected chi connectivity index (χ3v) is 7.22. The van der Waals surface area contributed by atoms with Crippen LogP contribution in [0.1, 0.15) is 18.7 Å². The zero-order valence-electron chi connectivity index (χ0n) is 16.2. The van der Waals surface area contributed by atoms with Crippen LogP contribution in [0.2, 0.25) is 0 Å². The topological polar surface area (TPSA) is 54.5 Å². The molecule has 4 aromatic rings. The molecule has 3 aromatic carbocycles. The minimum atomic E-state index is -0.446. The zero-order chi connectivity index (χ0) is 20.2. The van der Waals surface area contributed by atoms with Gasteiger partial charge in [0.2, 0.25) is 0 Å². The summed E-state index contributed by atoms with van der Waals surface area (Å²) in [6.07, 6.45) is 3.20. The number of alkyl halides is 1. The van der Waals surface area contributed by atoms with Gasteiger partial charge in [0.1, 0.15) is 0 Å². The van der Waals surface area contributed by atoms with Crippen molar-refractivity contribution in [1.82, 2.24) is 20.6 Å². The summed E-state index contributed by atoms with van der Waals surface area (Å²) in [5, 5.41) is 18.8. The first-order valence-corrected chi connectivity index (χ1v) is 12.1. The standard InChI is InChI=1S/C18H15P.C5H9BrN4/c1-4-10-16(11-5-1)19(17-12-6-2-7-13-17)18-14-8-3-9-15-18;6-4-2-1-3-5-7-9-10-8-5/h1-15H;1-4H2,(H,7,8,9,10). The van der Waals surface area contributed by atoms with Crippen LogP contribution in [0.25, 0.3) is 0 Å². The number of benzene rings is 3. The van der Waals surface area contributed by atoms with E-state index in [1.165, 1.54) is 15.9 Å². The van der Waals surface area contributed by atoms with Gasteiger partial charge in [0.05, 0.1) is 0 Å². The molecule has 0 amide bonds. The first kappa shape index (κ1) is 21.4. The molecule has 0 unspecified atom stereocenters. The zero-order valence-corrected chi connectivity index (χ0v) is 18.6. The number of rotatable bonds is 7. The molecule has 0 spiro atoms. The highest BCUT2D eigenvalue weighted by Gasteiger charge is 2.14. The lowest BCUT2D eigenvalue weighted by Crippen LogP contribution is -2.20. The Balaban J connectivity index is 0.000000204. The minimum absolute atomic E-state index is 0.446. The van der Waals surface area contributed by atoms with Crippen LogP contribution in [0.4, 0.5) is 0 Å². The fourth-order valence-corrected chi connectivity index (χ4v) is 5.55. The fourth-order valence-electron chi connectivity index (χ4n) is 2.84. The van der Waals surface area contributed by atoms with Crippen molar-refractivity contribution < 1.29 is 0 Å². The number of hydrogen-bond donors (Lipinski definition) is 1. The van der Waals surface area contributed by atoms with E-state index >= 15 is 0 Å². The maximum Gasteiger partial charge on any atom is 0.174 e. The van der Waals surface area contributed by atoms with E-state index in [1.807, 2.05) is 0 Å². The summed E-state index contributed by atoms with van der Waals surface area (Å²) in [5.74, 6) is 0.806. The predicted octanol–water partition coefficient (Wildman–Crippen LogP) is 4.36. The maximum atomic E-state index is 3.83. The number of aryl methyl sites for hydroxylation is 1. The fraction of sp³-hybridized carbons (Fsp3) is 0.174. The number of hydrogen-bond acceptors (Lipinski definition) is 3. The summed E-state index contributed by atoms with van der Waals surface area (Å²) in [4.78, 5) is 0. The molecule has 1 N–H and O–H groups in total. The second-order valence-corrected chi connectivity index (χ2v) is 9.33. The van der Waals surface area contributed by atoms with E-state index < -0.39 is 7.92 Å². The molecule has 0 radical (unpaired) electrons. The number of nitrogens with one attached hydrogen (secondary N) is 1. The van der Waals surface area contributed by atoms with E-state index in [2.05, 4.69) is 128 Å². The summed E-state index contributed by atoms with van der Waals surface area (Å²) in [6.45, 7) is 0. The molecule has 4 nitrogen and oxygen atoms in total. The number of aromatic amines is 1. The van der Waals surface area contributed by atoms with Gasteiger partial charge in [-0.05, 0) is 36.7 Å². The van der Waals surface area contributed by atoms with Crippen LogP contribution in [-0.2, 0) is 6.42 Å². The molecule has 29 heavy (non-hydrogen) atoms. The maximum absolute atomic E-state index is 3.83. The van der Waals surface area contributed by atoms with Gasteiger partial charge in [0.15, 0.2) is 5.82 Å². The monoisotopic (exact) mass is 466 g/mol. The normalized spacial score (nSPS) is 10.4. The van der Waals surface area contributed by atoms with Gasteiger partial charge in [0.25, 0.3) is 0 Å². The average molecular weight is 467 g/mol. The van der Waals surface area contributed by atoms with Gasteiger partial charge in [-0.3, -0.25) is 0 Å². The molecule has 4 rings (SSSR count). The summed E-state index contributed by atoms with van der Waals surface area (Å²) in [7, 11) is -0.446. The van der Waals surface area contributed by atoms with E-state index in [0.29, 0.717) is 0 Å². The van der Waals surface area contributed by atoms with Crippen molar-refractivity contribution >= 4 is 39.8 Å². The van der Waals surface area contributed by atoms with Crippen molar-refractivity contribution in [1.29, 1.82) is 0 Å². The second kappa shape index (κ2) is 12.3. The predicted molar refractivity (Wildman–Crippen MR) is 126 cm³/mol. The number of halogens is 1. The van der Waals surface area contributed by atoms with Crippen LogP contribution in [0.5, 0.6) is 0 Å². The average Bonchev–Trinajstić information content (AvgIpc) is 3.31. The van der Waals surface area contributed by atoms with E-state index in [1.54, 1.807) is 0 Å². The molecule has 1 aromatic heterocycles. The third-order valence-electron chi connectivity index (χ3n) is 4.22. The van der Waals surface area contributed by atoms with E-state index in [0.717, 1.165) is 30.4 Å². The SMILES string of the molecule is BrCCCCc1nn[nH]n1.c1ccc(P(c2ccccc2)c2ccccc2)cc1. The number of H-pyrrole nitrogens is 1. The Morgan fingerprint density at radius 1 is 0.690 bits per heavy atom. The lowest BCUT2D eigenvalue weighted by molar-refractivity contribution is 0.762. The Morgan fingerprint density at radius 2 is 1.17 bits per heavy atom. The van der Waals surface area contributed by atoms with Crippen molar-refractivity contribution in [2.75, 3.05) is 5.33 Å². The molecule has 0 aliphatic rings. The van der Waals surface area contributed by atoms with Crippen LogP contribution < -0.4 is 15.9 Å². The molecule has 1 heterocycles. The summed E-state index contributed by atoms with van der Waals surface area (Å²) in [6, 6.07) is 32.3. The number of unbranched alkanes of at least 4 members (excludes halogenated alkanes) is 1. The van der Waals surface area contributed by atoms with Crippen LogP contribution in [0, 0.1) is 0 Å². The van der Waals surface area contributed by atoms with Gasteiger partial charge in [0, 0.05) is 11.8 Å². The molecule has 6 heteroatoms. The smallest absolute Gasteiger partial charge is 0.174 e. The number of tetrazole rings is 1. The molecule has 148 valence electrons. The van der Waals surface area contributed by atoms with Gasteiger partial charge in [-0.1, -0.05) is 112 Å². The van der Waals surface area contributed by atoms with Crippen LogP contribution in [0.15, 0.2) is 91.0 Å². The van der Waals surface area contributed by atoms with Crippen molar-refractivity contribution in [2.24, 2.45) is 0 Å². The quantitative estimate of drug-likeness (QED) is 0.250. The highest BCUT2D eigenvalue weighted by molar-refractivity contribution is 9.09.